The number of amides is 1. The third-order valence-corrected chi connectivity index (χ3v) is 3.47. The predicted octanol–water partition coefficient (Wildman–Crippen LogP) is 1.10. The van der Waals surface area contributed by atoms with Gasteiger partial charge in [0.1, 0.15) is 11.3 Å². The number of hydrogen-bond acceptors (Lipinski definition) is 4. The van der Waals surface area contributed by atoms with Crippen LogP contribution in [0.4, 0.5) is 0 Å². The Balaban J connectivity index is 2.13. The molecule has 2 rings (SSSR count). The van der Waals surface area contributed by atoms with Crippen molar-refractivity contribution >= 4 is 11.9 Å². The second-order valence-electron chi connectivity index (χ2n) is 5.63. The molecule has 0 aromatic heterocycles. The van der Waals surface area contributed by atoms with Crippen LogP contribution in [0.25, 0.3) is 0 Å². The Bertz CT molecular complexity index is 558. The van der Waals surface area contributed by atoms with Crippen LogP contribution in [-0.2, 0) is 4.79 Å². The van der Waals surface area contributed by atoms with Crippen LogP contribution >= 0.6 is 0 Å². The number of benzene rings is 1. The van der Waals surface area contributed by atoms with Crippen LogP contribution in [0, 0.1) is 0 Å². The second kappa shape index (κ2) is 5.73. The molecule has 1 fully saturated rings. The quantitative estimate of drug-likeness (QED) is 0.867. The standard InChI is InChI=1S/C15H20N2O4/c1-10(2)21-12-5-3-4-11(8-12)13(18)17-7-6-15(16,9-17)14(19)20/h3-5,8,10H,6-7,9,16H2,1-2H3,(H,19,20). The van der Waals surface area contributed by atoms with Crippen LogP contribution in [0.15, 0.2) is 24.3 Å². The highest BCUT2D eigenvalue weighted by molar-refractivity contribution is 5.95. The Morgan fingerprint density at radius 1 is 1.43 bits per heavy atom. The van der Waals surface area contributed by atoms with E-state index < -0.39 is 11.5 Å². The van der Waals surface area contributed by atoms with Gasteiger partial charge in [-0.2, -0.15) is 0 Å². The highest BCUT2D eigenvalue weighted by Crippen LogP contribution is 2.23. The fourth-order valence-corrected chi connectivity index (χ4v) is 2.34. The molecule has 3 N–H and O–H groups in total. The molecule has 1 aromatic carbocycles. The largest absolute Gasteiger partial charge is 0.491 e. The number of carboxylic acids is 1. The lowest BCUT2D eigenvalue weighted by Crippen LogP contribution is -2.50. The molecule has 0 radical (unpaired) electrons. The van der Waals surface area contributed by atoms with Crippen molar-refractivity contribution in [1.29, 1.82) is 0 Å². The monoisotopic (exact) mass is 292 g/mol. The lowest BCUT2D eigenvalue weighted by molar-refractivity contribution is -0.142. The van der Waals surface area contributed by atoms with Gasteiger partial charge < -0.3 is 20.5 Å². The predicted molar refractivity (Wildman–Crippen MR) is 77.3 cm³/mol. The first-order chi connectivity index (χ1) is 9.82. The first-order valence-corrected chi connectivity index (χ1v) is 6.90. The Kier molecular flexibility index (Phi) is 4.18. The fraction of sp³-hybridized carbons (Fsp3) is 0.467. The van der Waals surface area contributed by atoms with Gasteiger partial charge in [0.25, 0.3) is 5.91 Å². The Morgan fingerprint density at radius 2 is 2.14 bits per heavy atom. The zero-order valence-electron chi connectivity index (χ0n) is 12.2. The molecule has 0 bridgehead atoms. The van der Waals surface area contributed by atoms with Gasteiger partial charge in [-0.1, -0.05) is 6.07 Å². The van der Waals surface area contributed by atoms with Crippen LogP contribution in [-0.4, -0.2) is 46.6 Å². The summed E-state index contributed by atoms with van der Waals surface area (Å²) >= 11 is 0. The van der Waals surface area contributed by atoms with Gasteiger partial charge in [0, 0.05) is 18.7 Å². The summed E-state index contributed by atoms with van der Waals surface area (Å²) in [4.78, 5) is 25.0. The molecule has 1 aliphatic heterocycles. The number of ether oxygens (including phenoxy) is 1. The van der Waals surface area contributed by atoms with Crippen molar-refractivity contribution in [1.82, 2.24) is 4.90 Å². The zero-order valence-corrected chi connectivity index (χ0v) is 12.2. The van der Waals surface area contributed by atoms with Gasteiger partial charge in [-0.05, 0) is 38.5 Å². The number of carbonyl (C=O) groups is 2. The van der Waals surface area contributed by atoms with Crippen LogP contribution in [0.1, 0.15) is 30.6 Å². The summed E-state index contributed by atoms with van der Waals surface area (Å²) in [5.74, 6) is -0.681. The number of nitrogens with zero attached hydrogens (tertiary/aromatic N) is 1. The maximum Gasteiger partial charge on any atom is 0.325 e. The average Bonchev–Trinajstić information content (AvgIpc) is 2.81. The van der Waals surface area contributed by atoms with E-state index in [-0.39, 0.29) is 25.0 Å². The maximum atomic E-state index is 12.4. The van der Waals surface area contributed by atoms with Crippen molar-refractivity contribution in [2.75, 3.05) is 13.1 Å². The summed E-state index contributed by atoms with van der Waals surface area (Å²) in [5.41, 5.74) is 4.92. The van der Waals surface area contributed by atoms with Gasteiger partial charge in [-0.25, -0.2) is 0 Å². The van der Waals surface area contributed by atoms with Crippen LogP contribution in [0.5, 0.6) is 5.75 Å². The molecule has 1 aromatic rings. The van der Waals surface area contributed by atoms with E-state index in [1.165, 1.54) is 4.90 Å². The van der Waals surface area contributed by atoms with Crippen molar-refractivity contribution in [3.05, 3.63) is 29.8 Å². The normalized spacial score (nSPS) is 21.6. The maximum absolute atomic E-state index is 12.4. The second-order valence-corrected chi connectivity index (χ2v) is 5.63. The van der Waals surface area contributed by atoms with Crippen molar-refractivity contribution in [3.63, 3.8) is 0 Å². The van der Waals surface area contributed by atoms with E-state index in [1.54, 1.807) is 24.3 Å². The van der Waals surface area contributed by atoms with E-state index in [1.807, 2.05) is 13.8 Å². The minimum absolute atomic E-state index is 0.0193. The molecule has 21 heavy (non-hydrogen) atoms. The van der Waals surface area contributed by atoms with E-state index in [9.17, 15) is 9.59 Å². The Labute approximate surface area is 123 Å². The summed E-state index contributed by atoms with van der Waals surface area (Å²) in [5, 5.41) is 9.10. The van der Waals surface area contributed by atoms with Crippen LogP contribution in [0.3, 0.4) is 0 Å². The number of rotatable bonds is 4. The van der Waals surface area contributed by atoms with Crippen LogP contribution in [0.2, 0.25) is 0 Å². The molecule has 1 amide bonds. The zero-order chi connectivity index (χ0) is 15.6. The van der Waals surface area contributed by atoms with Crippen molar-refractivity contribution in [2.45, 2.75) is 31.9 Å². The molecule has 0 aliphatic carbocycles. The summed E-state index contributed by atoms with van der Waals surface area (Å²) in [6.45, 7) is 4.18. The van der Waals surface area contributed by atoms with Gasteiger partial charge in [0.15, 0.2) is 0 Å². The number of aliphatic carboxylic acids is 1. The molecular formula is C15H20N2O4. The molecule has 1 aliphatic rings. The van der Waals surface area contributed by atoms with E-state index >= 15 is 0 Å². The smallest absolute Gasteiger partial charge is 0.325 e. The fourth-order valence-electron chi connectivity index (χ4n) is 2.34. The summed E-state index contributed by atoms with van der Waals surface area (Å²) < 4.78 is 5.56. The lowest BCUT2D eigenvalue weighted by Gasteiger charge is -2.20. The minimum Gasteiger partial charge on any atom is -0.491 e. The molecule has 1 atom stereocenters. The number of carboxylic acid groups (broad SMARTS) is 1. The average molecular weight is 292 g/mol. The molecule has 6 heteroatoms. The summed E-state index contributed by atoms with van der Waals surface area (Å²) in [6.07, 6.45) is 0.279. The van der Waals surface area contributed by atoms with Gasteiger partial charge >= 0.3 is 5.97 Å². The van der Waals surface area contributed by atoms with E-state index in [2.05, 4.69) is 0 Å². The van der Waals surface area contributed by atoms with Gasteiger partial charge in [0.2, 0.25) is 0 Å². The van der Waals surface area contributed by atoms with E-state index in [0.717, 1.165) is 0 Å². The van der Waals surface area contributed by atoms with E-state index in [0.29, 0.717) is 17.9 Å². The van der Waals surface area contributed by atoms with Crippen LogP contribution < -0.4 is 10.5 Å². The molecule has 1 saturated heterocycles. The van der Waals surface area contributed by atoms with Crippen molar-refractivity contribution in [2.24, 2.45) is 5.73 Å². The number of likely N-dealkylation sites (tertiary alicyclic amines) is 1. The lowest BCUT2D eigenvalue weighted by atomic mass is 10.0. The number of hydrogen-bond donors (Lipinski definition) is 2. The summed E-state index contributed by atoms with van der Waals surface area (Å²) in [6, 6.07) is 6.88. The third kappa shape index (κ3) is 3.33. The van der Waals surface area contributed by atoms with Gasteiger partial charge in [0.05, 0.1) is 6.10 Å². The van der Waals surface area contributed by atoms with E-state index in [4.69, 9.17) is 15.6 Å². The first kappa shape index (κ1) is 15.3. The molecular weight excluding hydrogens is 272 g/mol. The first-order valence-electron chi connectivity index (χ1n) is 6.90. The molecule has 1 unspecified atom stereocenters. The number of nitrogens with two attached hydrogens (primary N) is 1. The summed E-state index contributed by atoms with van der Waals surface area (Å²) in [7, 11) is 0. The Morgan fingerprint density at radius 3 is 2.71 bits per heavy atom. The topological polar surface area (TPSA) is 92.9 Å². The molecule has 0 spiro atoms. The molecule has 6 nitrogen and oxygen atoms in total. The third-order valence-electron chi connectivity index (χ3n) is 3.47. The highest BCUT2D eigenvalue weighted by atomic mass is 16.5. The highest BCUT2D eigenvalue weighted by Gasteiger charge is 2.43. The molecule has 1 heterocycles. The minimum atomic E-state index is -1.35. The van der Waals surface area contributed by atoms with Gasteiger partial charge in [-0.3, -0.25) is 9.59 Å². The molecule has 114 valence electrons. The van der Waals surface area contributed by atoms with Crippen molar-refractivity contribution < 1.29 is 19.4 Å². The Hall–Kier alpha value is -2.08. The number of carbonyl (C=O) groups excluding carboxylic acids is 1. The molecule has 0 saturated carbocycles. The SMILES string of the molecule is CC(C)Oc1cccc(C(=O)N2CCC(N)(C(=O)O)C2)c1. The van der Waals surface area contributed by atoms with Crippen molar-refractivity contribution in [3.8, 4) is 5.75 Å². The van der Waals surface area contributed by atoms with Gasteiger partial charge in [-0.15, -0.1) is 0 Å².